The van der Waals surface area contributed by atoms with Crippen LogP contribution in [0, 0.1) is 0 Å². The van der Waals surface area contributed by atoms with Gasteiger partial charge in [0.15, 0.2) is 0 Å². The topological polar surface area (TPSA) is 43.4 Å². The molecule has 4 heteroatoms. The summed E-state index contributed by atoms with van der Waals surface area (Å²) in [5, 5.41) is 10.3. The molecule has 3 nitrogen and oxygen atoms in total. The maximum Gasteiger partial charge on any atom is 0.0668 e. The molecule has 0 unspecified atom stereocenters. The summed E-state index contributed by atoms with van der Waals surface area (Å²) in [6.07, 6.45) is 1.37. The molecule has 0 radical (unpaired) electrons. The molecular formula is C10H19ClNO2-. The fourth-order valence-corrected chi connectivity index (χ4v) is 1.16. The van der Waals surface area contributed by atoms with E-state index in [1.54, 1.807) is 0 Å². The Balaban J connectivity index is 0. The zero-order valence-corrected chi connectivity index (χ0v) is 9.73. The molecule has 0 N–H and O–H groups in total. The van der Waals surface area contributed by atoms with E-state index < -0.39 is 5.97 Å². The van der Waals surface area contributed by atoms with E-state index >= 15 is 0 Å². The highest BCUT2D eigenvalue weighted by Gasteiger charge is 1.99. The van der Waals surface area contributed by atoms with E-state index in [2.05, 4.69) is 25.3 Å². The smallest absolute Gasteiger partial charge is 0.0668 e. The fourth-order valence-electron chi connectivity index (χ4n) is 1.16. The van der Waals surface area contributed by atoms with Crippen LogP contribution >= 0.6 is 12.4 Å². The summed E-state index contributed by atoms with van der Waals surface area (Å²) in [5.41, 5.74) is 0.201. The second-order valence-corrected chi connectivity index (χ2v) is 3.02. The van der Waals surface area contributed by atoms with E-state index in [9.17, 15) is 9.90 Å². The summed E-state index contributed by atoms with van der Waals surface area (Å²) in [6, 6.07) is 0. The van der Waals surface area contributed by atoms with Crippen LogP contribution in [0.1, 0.15) is 26.7 Å². The number of hydrogen-bond acceptors (Lipinski definition) is 3. The Hall–Kier alpha value is -0.540. The highest BCUT2D eigenvalue weighted by Crippen LogP contribution is 2.02. The molecule has 0 saturated carbocycles. The van der Waals surface area contributed by atoms with Gasteiger partial charge in [0.2, 0.25) is 0 Å². The van der Waals surface area contributed by atoms with Crippen molar-refractivity contribution in [2.45, 2.75) is 26.7 Å². The van der Waals surface area contributed by atoms with E-state index in [4.69, 9.17) is 0 Å². The maximum absolute atomic E-state index is 10.3. The average molecular weight is 221 g/mol. The van der Waals surface area contributed by atoms with Crippen LogP contribution in [-0.2, 0) is 4.79 Å². The average Bonchev–Trinajstić information content (AvgIpc) is 2.12. The van der Waals surface area contributed by atoms with Crippen molar-refractivity contribution in [2.75, 3.05) is 19.6 Å². The molecule has 0 heterocycles. The highest BCUT2D eigenvalue weighted by atomic mass is 35.5. The Morgan fingerprint density at radius 3 is 2.21 bits per heavy atom. The van der Waals surface area contributed by atoms with Crippen molar-refractivity contribution in [3.8, 4) is 0 Å². The molecule has 14 heavy (non-hydrogen) atoms. The van der Waals surface area contributed by atoms with Crippen molar-refractivity contribution in [3.63, 3.8) is 0 Å². The van der Waals surface area contributed by atoms with E-state index in [0.29, 0.717) is 6.42 Å². The monoisotopic (exact) mass is 220 g/mol. The van der Waals surface area contributed by atoms with Gasteiger partial charge in [-0.15, -0.1) is 12.4 Å². The van der Waals surface area contributed by atoms with Crippen molar-refractivity contribution in [1.29, 1.82) is 0 Å². The third kappa shape index (κ3) is 6.92. The molecule has 0 saturated heterocycles. The first-order valence-corrected chi connectivity index (χ1v) is 4.73. The van der Waals surface area contributed by atoms with Crippen molar-refractivity contribution in [1.82, 2.24) is 4.90 Å². The van der Waals surface area contributed by atoms with Gasteiger partial charge in [-0.25, -0.2) is 0 Å². The number of carbonyl (C=O) groups is 1. The highest BCUT2D eigenvalue weighted by molar-refractivity contribution is 5.85. The van der Waals surface area contributed by atoms with Crippen molar-refractivity contribution < 1.29 is 9.90 Å². The van der Waals surface area contributed by atoms with Gasteiger partial charge >= 0.3 is 0 Å². The molecule has 0 fully saturated rings. The van der Waals surface area contributed by atoms with Crippen LogP contribution in [0.4, 0.5) is 0 Å². The minimum absolute atomic E-state index is 0. The second-order valence-electron chi connectivity index (χ2n) is 3.02. The minimum Gasteiger partial charge on any atom is -0.545 e. The summed E-state index contributed by atoms with van der Waals surface area (Å²) >= 11 is 0. The zero-order chi connectivity index (χ0) is 10.3. The number of rotatable bonds is 7. The molecule has 0 aliphatic heterocycles. The molecule has 0 rings (SSSR count). The van der Waals surface area contributed by atoms with Gasteiger partial charge in [0.25, 0.3) is 0 Å². The predicted octanol–water partition coefficient (Wildman–Crippen LogP) is 0.836. The molecule has 84 valence electrons. The minimum atomic E-state index is -1.13. The Kier molecular flexibility index (Phi) is 10.3. The van der Waals surface area contributed by atoms with Gasteiger partial charge in [0.1, 0.15) is 0 Å². The number of nitrogens with zero attached hydrogens (tertiary/aromatic N) is 1. The van der Waals surface area contributed by atoms with Crippen LogP contribution in [0.15, 0.2) is 12.2 Å². The van der Waals surface area contributed by atoms with Gasteiger partial charge in [-0.2, -0.15) is 0 Å². The van der Waals surface area contributed by atoms with E-state index in [1.807, 2.05) is 0 Å². The largest absolute Gasteiger partial charge is 0.545 e. The van der Waals surface area contributed by atoms with Gasteiger partial charge in [0.05, 0.1) is 5.97 Å². The molecule has 0 bridgehead atoms. The molecule has 0 aromatic heterocycles. The van der Waals surface area contributed by atoms with E-state index in [1.165, 1.54) is 0 Å². The van der Waals surface area contributed by atoms with Crippen LogP contribution < -0.4 is 5.11 Å². The number of carboxylic acids is 1. The lowest BCUT2D eigenvalue weighted by atomic mass is 10.1. The van der Waals surface area contributed by atoms with Gasteiger partial charge in [-0.3, -0.25) is 0 Å². The van der Waals surface area contributed by atoms with Crippen LogP contribution in [0.25, 0.3) is 0 Å². The molecule has 0 atom stereocenters. The lowest BCUT2D eigenvalue weighted by Gasteiger charge is -2.17. The zero-order valence-electron chi connectivity index (χ0n) is 8.91. The molecule has 0 spiro atoms. The normalized spacial score (nSPS) is 9.64. The summed E-state index contributed by atoms with van der Waals surface area (Å²) in [4.78, 5) is 12.5. The summed E-state index contributed by atoms with van der Waals surface area (Å²) in [5.74, 6) is -1.13. The summed E-state index contributed by atoms with van der Waals surface area (Å²) in [7, 11) is 0. The van der Waals surface area contributed by atoms with Gasteiger partial charge in [-0.1, -0.05) is 20.4 Å². The SMILES string of the molecule is C=C(CCCN(CC)CC)C(=O)[O-].Cl. The Morgan fingerprint density at radius 1 is 1.36 bits per heavy atom. The number of aliphatic carboxylic acids is 1. The van der Waals surface area contributed by atoms with Gasteiger partial charge in [-0.05, 0) is 38.0 Å². The molecule has 0 amide bonds. The third-order valence-electron chi connectivity index (χ3n) is 2.14. The Bertz CT molecular complexity index is 179. The molecule has 0 aliphatic rings. The number of carbonyl (C=O) groups excluding carboxylic acids is 1. The first kappa shape index (κ1) is 15.9. The lowest BCUT2D eigenvalue weighted by Crippen LogP contribution is -2.26. The van der Waals surface area contributed by atoms with Crippen LogP contribution in [0.2, 0.25) is 0 Å². The molecule has 0 aliphatic carbocycles. The Morgan fingerprint density at radius 2 is 1.86 bits per heavy atom. The second kappa shape index (κ2) is 9.03. The molecule has 0 aromatic carbocycles. The van der Waals surface area contributed by atoms with Gasteiger partial charge in [0, 0.05) is 0 Å². The van der Waals surface area contributed by atoms with Crippen molar-refractivity contribution >= 4 is 18.4 Å². The van der Waals surface area contributed by atoms with Gasteiger partial charge < -0.3 is 14.8 Å². The van der Waals surface area contributed by atoms with Crippen LogP contribution in [0.3, 0.4) is 0 Å². The maximum atomic E-state index is 10.3. The van der Waals surface area contributed by atoms with E-state index in [-0.39, 0.29) is 18.0 Å². The quantitative estimate of drug-likeness (QED) is 0.598. The standard InChI is InChI=1S/C10H19NO2.ClH/c1-4-11(5-2)8-6-7-9(3)10(12)13;/h3-8H2,1-2H3,(H,12,13);1H/p-1. The summed E-state index contributed by atoms with van der Waals surface area (Å²) < 4.78 is 0. The van der Waals surface area contributed by atoms with E-state index in [0.717, 1.165) is 26.1 Å². The van der Waals surface area contributed by atoms with Crippen LogP contribution in [0.5, 0.6) is 0 Å². The van der Waals surface area contributed by atoms with Crippen LogP contribution in [-0.4, -0.2) is 30.5 Å². The summed E-state index contributed by atoms with van der Waals surface area (Å²) in [6.45, 7) is 10.6. The molecular weight excluding hydrogens is 202 g/mol. The lowest BCUT2D eigenvalue weighted by molar-refractivity contribution is -0.299. The first-order chi connectivity index (χ1) is 6.11. The number of carboxylic acid groups (broad SMARTS) is 1. The molecule has 0 aromatic rings. The van der Waals surface area contributed by atoms with Crippen molar-refractivity contribution in [3.05, 3.63) is 12.2 Å². The fraction of sp³-hybridized carbons (Fsp3) is 0.700. The predicted molar refractivity (Wildman–Crippen MR) is 58.4 cm³/mol. The first-order valence-electron chi connectivity index (χ1n) is 4.73. The number of hydrogen-bond donors (Lipinski definition) is 0. The number of halogens is 1. The third-order valence-corrected chi connectivity index (χ3v) is 2.14. The Labute approximate surface area is 92.2 Å². The van der Waals surface area contributed by atoms with Crippen molar-refractivity contribution in [2.24, 2.45) is 0 Å².